The van der Waals surface area contributed by atoms with Crippen molar-refractivity contribution >= 4 is 40.6 Å². The van der Waals surface area contributed by atoms with E-state index in [9.17, 15) is 22.8 Å². The van der Waals surface area contributed by atoms with Gasteiger partial charge in [0.15, 0.2) is 5.82 Å². The number of alkyl halides is 3. The Bertz CT molecular complexity index is 1070. The van der Waals surface area contributed by atoms with Gasteiger partial charge in [-0.2, -0.15) is 18.2 Å². The average Bonchev–Trinajstić information content (AvgIpc) is 3.24. The van der Waals surface area contributed by atoms with Crippen LogP contribution in [-0.4, -0.2) is 41.4 Å². The predicted molar refractivity (Wildman–Crippen MR) is 119 cm³/mol. The lowest BCUT2D eigenvalue weighted by Crippen LogP contribution is -2.34. The molecule has 2 amide bonds. The summed E-state index contributed by atoms with van der Waals surface area (Å²) >= 11 is 0. The summed E-state index contributed by atoms with van der Waals surface area (Å²) in [5.41, 5.74) is -0.597. The second-order valence-electron chi connectivity index (χ2n) is 8.30. The van der Waals surface area contributed by atoms with Gasteiger partial charge in [-0.1, -0.05) is 12.8 Å². The summed E-state index contributed by atoms with van der Waals surface area (Å²) in [6.07, 6.45) is 1.44. The van der Waals surface area contributed by atoms with E-state index >= 15 is 0 Å². The van der Waals surface area contributed by atoms with E-state index in [0.29, 0.717) is 24.5 Å². The van der Waals surface area contributed by atoms with Crippen molar-refractivity contribution in [2.24, 2.45) is 0 Å². The van der Waals surface area contributed by atoms with Crippen molar-refractivity contribution in [3.63, 3.8) is 0 Å². The van der Waals surface area contributed by atoms with Crippen LogP contribution in [0, 0.1) is 0 Å². The Morgan fingerprint density at radius 1 is 1.21 bits per heavy atom. The molecule has 176 valence electrons. The van der Waals surface area contributed by atoms with E-state index in [4.69, 9.17) is 0 Å². The fourth-order valence-electron chi connectivity index (χ4n) is 4.35. The van der Waals surface area contributed by atoms with E-state index in [1.807, 2.05) is 0 Å². The Hall–Kier alpha value is -3.37. The zero-order valence-corrected chi connectivity index (χ0v) is 18.4. The van der Waals surface area contributed by atoms with Gasteiger partial charge in [-0.15, -0.1) is 0 Å². The number of carbonyl (C=O) groups is 2. The van der Waals surface area contributed by atoms with Crippen LogP contribution in [0.1, 0.15) is 44.6 Å². The van der Waals surface area contributed by atoms with E-state index in [1.54, 1.807) is 7.05 Å². The molecule has 1 aliphatic carbocycles. The number of fused-ring (bicyclic) bond motifs is 1. The molecule has 0 atom stereocenters. The molecule has 8 nitrogen and oxygen atoms in total. The summed E-state index contributed by atoms with van der Waals surface area (Å²) in [6.45, 7) is 1.68. The number of amides is 2. The molecule has 2 N–H and O–H groups in total. The summed E-state index contributed by atoms with van der Waals surface area (Å²) < 4.78 is 40.6. The standard InChI is InChI=1S/C22H25F3N6O2/c1-13(32)27-17-8-7-14(11-16(17)22(23,24)25)28-21-26-12-18-20(29-21)31(15-5-3-4-6-15)10-9-19(33)30(18)2/h7-8,11-12,15H,3-6,9-10H2,1-2H3,(H,27,32)(H,26,28,29). The number of aromatic nitrogens is 2. The zero-order valence-electron chi connectivity index (χ0n) is 18.4. The molecule has 4 rings (SSSR count). The highest BCUT2D eigenvalue weighted by atomic mass is 19.4. The molecule has 0 saturated heterocycles. The minimum atomic E-state index is -4.66. The fraction of sp³-hybridized carbons (Fsp3) is 0.455. The number of nitrogens with zero attached hydrogens (tertiary/aromatic N) is 4. The van der Waals surface area contributed by atoms with Crippen molar-refractivity contribution in [2.45, 2.75) is 51.2 Å². The predicted octanol–water partition coefficient (Wildman–Crippen LogP) is 4.31. The molecule has 1 aliphatic heterocycles. The summed E-state index contributed by atoms with van der Waals surface area (Å²) in [7, 11) is 1.67. The van der Waals surface area contributed by atoms with Crippen LogP contribution in [0.3, 0.4) is 0 Å². The van der Waals surface area contributed by atoms with Gasteiger partial charge in [-0.3, -0.25) is 9.59 Å². The molecule has 1 saturated carbocycles. The molecule has 11 heteroatoms. The largest absolute Gasteiger partial charge is 0.418 e. The van der Waals surface area contributed by atoms with Crippen LogP contribution in [-0.2, 0) is 15.8 Å². The van der Waals surface area contributed by atoms with Gasteiger partial charge < -0.3 is 20.4 Å². The van der Waals surface area contributed by atoms with Crippen LogP contribution in [0.2, 0.25) is 0 Å². The molecule has 2 aliphatic rings. The first-order chi connectivity index (χ1) is 15.6. The third kappa shape index (κ3) is 4.86. The Morgan fingerprint density at radius 3 is 2.61 bits per heavy atom. The summed E-state index contributed by atoms with van der Waals surface area (Å²) in [6, 6.07) is 3.78. The Morgan fingerprint density at radius 2 is 1.94 bits per heavy atom. The van der Waals surface area contributed by atoms with Gasteiger partial charge in [0.25, 0.3) is 0 Å². The number of anilines is 5. The first-order valence-electron chi connectivity index (χ1n) is 10.8. The normalized spacial score (nSPS) is 17.1. The Kier molecular flexibility index (Phi) is 6.13. The fourth-order valence-corrected chi connectivity index (χ4v) is 4.35. The average molecular weight is 462 g/mol. The lowest BCUT2D eigenvalue weighted by atomic mass is 10.1. The number of hydrogen-bond acceptors (Lipinski definition) is 6. The van der Waals surface area contributed by atoms with Gasteiger partial charge in [-0.05, 0) is 31.0 Å². The van der Waals surface area contributed by atoms with E-state index in [2.05, 4.69) is 25.5 Å². The van der Waals surface area contributed by atoms with Gasteiger partial charge in [0, 0.05) is 38.7 Å². The van der Waals surface area contributed by atoms with Crippen molar-refractivity contribution in [3.05, 3.63) is 30.0 Å². The maximum Gasteiger partial charge on any atom is 0.418 e. The maximum absolute atomic E-state index is 13.5. The monoisotopic (exact) mass is 462 g/mol. The molecule has 1 aromatic carbocycles. The van der Waals surface area contributed by atoms with Crippen molar-refractivity contribution in [1.29, 1.82) is 0 Å². The van der Waals surface area contributed by atoms with Crippen LogP contribution < -0.4 is 20.4 Å². The zero-order chi connectivity index (χ0) is 23.8. The number of carbonyl (C=O) groups excluding carboxylic acids is 2. The van der Waals surface area contributed by atoms with Crippen LogP contribution in [0.25, 0.3) is 0 Å². The molecule has 0 radical (unpaired) electrons. The highest BCUT2D eigenvalue weighted by Gasteiger charge is 2.35. The third-order valence-electron chi connectivity index (χ3n) is 5.98. The van der Waals surface area contributed by atoms with Crippen LogP contribution in [0.4, 0.5) is 42.0 Å². The van der Waals surface area contributed by atoms with Crippen molar-refractivity contribution < 1.29 is 22.8 Å². The van der Waals surface area contributed by atoms with Crippen molar-refractivity contribution in [1.82, 2.24) is 9.97 Å². The minimum absolute atomic E-state index is 0.0376. The third-order valence-corrected chi connectivity index (χ3v) is 5.98. The summed E-state index contributed by atoms with van der Waals surface area (Å²) in [4.78, 5) is 36.2. The lowest BCUT2D eigenvalue weighted by molar-refractivity contribution is -0.137. The van der Waals surface area contributed by atoms with E-state index in [1.165, 1.54) is 23.2 Å². The molecule has 33 heavy (non-hydrogen) atoms. The smallest absolute Gasteiger partial charge is 0.351 e. The molecule has 1 fully saturated rings. The van der Waals surface area contributed by atoms with Crippen molar-refractivity contribution in [3.8, 4) is 0 Å². The number of rotatable bonds is 4. The van der Waals surface area contributed by atoms with Crippen LogP contribution in [0.5, 0.6) is 0 Å². The SMILES string of the molecule is CC(=O)Nc1ccc(Nc2ncc3c(n2)N(C2CCCC2)CCC(=O)N3C)cc1C(F)(F)F. The molecule has 0 unspecified atom stereocenters. The molecule has 2 heterocycles. The van der Waals surface area contributed by atoms with Gasteiger partial charge in [-0.25, -0.2) is 4.98 Å². The number of halogens is 3. The van der Waals surface area contributed by atoms with E-state index < -0.39 is 17.6 Å². The summed E-state index contributed by atoms with van der Waals surface area (Å²) in [5, 5.41) is 5.04. The van der Waals surface area contributed by atoms with Gasteiger partial charge >= 0.3 is 6.18 Å². The van der Waals surface area contributed by atoms with Crippen LogP contribution >= 0.6 is 0 Å². The number of nitrogens with one attached hydrogen (secondary N) is 2. The first-order valence-corrected chi connectivity index (χ1v) is 10.8. The highest BCUT2D eigenvalue weighted by molar-refractivity contribution is 5.97. The quantitative estimate of drug-likeness (QED) is 0.704. The molecular formula is C22H25F3N6O2. The van der Waals surface area contributed by atoms with E-state index in [-0.39, 0.29) is 29.3 Å². The maximum atomic E-state index is 13.5. The van der Waals surface area contributed by atoms with Crippen LogP contribution in [0.15, 0.2) is 24.4 Å². The van der Waals surface area contributed by atoms with Gasteiger partial charge in [0.05, 0.1) is 17.4 Å². The van der Waals surface area contributed by atoms with E-state index in [0.717, 1.165) is 38.7 Å². The first kappa shape index (κ1) is 22.8. The highest BCUT2D eigenvalue weighted by Crippen LogP contribution is 2.38. The Balaban J connectivity index is 1.68. The topological polar surface area (TPSA) is 90.5 Å². The lowest BCUT2D eigenvalue weighted by Gasteiger charge is -2.30. The molecule has 1 aromatic heterocycles. The van der Waals surface area contributed by atoms with Crippen molar-refractivity contribution in [2.75, 3.05) is 34.0 Å². The Labute approximate surface area is 189 Å². The number of benzene rings is 1. The molecular weight excluding hydrogens is 437 g/mol. The van der Waals surface area contributed by atoms with Gasteiger partial charge in [0.2, 0.25) is 17.8 Å². The second-order valence-corrected chi connectivity index (χ2v) is 8.30. The number of hydrogen-bond donors (Lipinski definition) is 2. The molecule has 2 aromatic rings. The molecule has 0 bridgehead atoms. The second kappa shape index (κ2) is 8.87. The van der Waals surface area contributed by atoms with Gasteiger partial charge in [0.1, 0.15) is 5.69 Å². The molecule has 0 spiro atoms. The summed E-state index contributed by atoms with van der Waals surface area (Å²) in [5.74, 6) is 0.0870. The minimum Gasteiger partial charge on any atom is -0.351 e.